The number of allylic oxidation sites excluding steroid dienone is 1. The second-order valence-corrected chi connectivity index (χ2v) is 5.37. The standard InChI is InChI=1S/C19H21ClO/c1-3-5-13-21-18-10-7-15(8-11-18)16-9-12-19(20)17(14-16)6-4-2/h4,6-12,14H,3,5,13H2,1-2H3/b6-4+. The third-order valence-corrected chi connectivity index (χ3v) is 3.64. The first-order valence-electron chi connectivity index (χ1n) is 7.40. The summed E-state index contributed by atoms with van der Waals surface area (Å²) in [4.78, 5) is 0. The third-order valence-electron chi connectivity index (χ3n) is 3.30. The van der Waals surface area contributed by atoms with Gasteiger partial charge in [0, 0.05) is 5.02 Å². The van der Waals surface area contributed by atoms with Crippen molar-refractivity contribution in [1.29, 1.82) is 0 Å². The van der Waals surface area contributed by atoms with Crippen LogP contribution in [0.5, 0.6) is 5.75 Å². The molecule has 0 fully saturated rings. The second-order valence-electron chi connectivity index (χ2n) is 4.96. The molecule has 0 bridgehead atoms. The Morgan fingerprint density at radius 1 is 1.05 bits per heavy atom. The fourth-order valence-electron chi connectivity index (χ4n) is 2.11. The predicted molar refractivity (Wildman–Crippen MR) is 92.0 cm³/mol. The zero-order valence-electron chi connectivity index (χ0n) is 12.6. The Kier molecular flexibility index (Phi) is 5.89. The van der Waals surface area contributed by atoms with Crippen molar-refractivity contribution in [2.45, 2.75) is 26.7 Å². The lowest BCUT2D eigenvalue weighted by molar-refractivity contribution is 0.309. The van der Waals surface area contributed by atoms with Gasteiger partial charge in [-0.15, -0.1) is 0 Å². The Morgan fingerprint density at radius 3 is 2.43 bits per heavy atom. The van der Waals surface area contributed by atoms with E-state index in [9.17, 15) is 0 Å². The van der Waals surface area contributed by atoms with Crippen LogP contribution in [0, 0.1) is 0 Å². The number of rotatable bonds is 6. The van der Waals surface area contributed by atoms with Gasteiger partial charge in [0.2, 0.25) is 0 Å². The lowest BCUT2D eigenvalue weighted by Gasteiger charge is -2.08. The summed E-state index contributed by atoms with van der Waals surface area (Å²) in [6.07, 6.45) is 6.26. The monoisotopic (exact) mass is 300 g/mol. The van der Waals surface area contributed by atoms with E-state index in [1.807, 2.05) is 43.3 Å². The van der Waals surface area contributed by atoms with Gasteiger partial charge in [0.15, 0.2) is 0 Å². The lowest BCUT2D eigenvalue weighted by atomic mass is 10.0. The van der Waals surface area contributed by atoms with Crippen LogP contribution < -0.4 is 4.74 Å². The van der Waals surface area contributed by atoms with Crippen molar-refractivity contribution in [3.8, 4) is 16.9 Å². The van der Waals surface area contributed by atoms with Crippen molar-refractivity contribution in [2.75, 3.05) is 6.61 Å². The van der Waals surface area contributed by atoms with Gasteiger partial charge in [0.05, 0.1) is 6.61 Å². The van der Waals surface area contributed by atoms with E-state index < -0.39 is 0 Å². The maximum Gasteiger partial charge on any atom is 0.119 e. The number of hydrogen-bond acceptors (Lipinski definition) is 1. The molecule has 0 aliphatic carbocycles. The van der Waals surface area contributed by atoms with Crippen LogP contribution in [0.2, 0.25) is 5.02 Å². The van der Waals surface area contributed by atoms with Crippen molar-refractivity contribution in [3.05, 3.63) is 59.1 Å². The molecule has 0 aliphatic rings. The molecule has 2 aromatic rings. The maximum absolute atomic E-state index is 6.19. The maximum atomic E-state index is 6.19. The van der Waals surface area contributed by atoms with Gasteiger partial charge in [-0.05, 0) is 54.3 Å². The van der Waals surface area contributed by atoms with E-state index in [0.717, 1.165) is 41.3 Å². The summed E-state index contributed by atoms with van der Waals surface area (Å²) in [5.41, 5.74) is 3.37. The Balaban J connectivity index is 2.16. The topological polar surface area (TPSA) is 9.23 Å². The van der Waals surface area contributed by atoms with E-state index in [1.165, 1.54) is 5.56 Å². The van der Waals surface area contributed by atoms with Gasteiger partial charge in [0.25, 0.3) is 0 Å². The molecule has 1 nitrogen and oxygen atoms in total. The van der Waals surface area contributed by atoms with Gasteiger partial charge in [-0.2, -0.15) is 0 Å². The molecule has 0 spiro atoms. The third kappa shape index (κ3) is 4.37. The van der Waals surface area contributed by atoms with Crippen LogP contribution >= 0.6 is 11.6 Å². The van der Waals surface area contributed by atoms with Crippen LogP contribution in [0.25, 0.3) is 17.2 Å². The van der Waals surface area contributed by atoms with Crippen molar-refractivity contribution in [1.82, 2.24) is 0 Å². The first kappa shape index (κ1) is 15.7. The average molecular weight is 301 g/mol. The van der Waals surface area contributed by atoms with Gasteiger partial charge < -0.3 is 4.74 Å². The van der Waals surface area contributed by atoms with Gasteiger partial charge >= 0.3 is 0 Å². The SMILES string of the molecule is C/C=C/c1cc(-c2ccc(OCCCC)cc2)ccc1Cl. The Bertz CT molecular complexity index is 599. The Labute approximate surface area is 132 Å². The molecule has 2 rings (SSSR count). The van der Waals surface area contributed by atoms with Crippen LogP contribution in [0.1, 0.15) is 32.3 Å². The number of ether oxygens (including phenoxy) is 1. The summed E-state index contributed by atoms with van der Waals surface area (Å²) >= 11 is 6.19. The first-order valence-corrected chi connectivity index (χ1v) is 7.78. The summed E-state index contributed by atoms with van der Waals surface area (Å²) in [6.45, 7) is 4.93. The van der Waals surface area contributed by atoms with Crippen molar-refractivity contribution >= 4 is 17.7 Å². The van der Waals surface area contributed by atoms with Crippen molar-refractivity contribution < 1.29 is 4.74 Å². The van der Waals surface area contributed by atoms with Crippen molar-refractivity contribution in [2.24, 2.45) is 0 Å². The van der Waals surface area contributed by atoms with Gasteiger partial charge in [0.1, 0.15) is 5.75 Å². The van der Waals surface area contributed by atoms with Crippen LogP contribution in [0.15, 0.2) is 48.5 Å². The van der Waals surface area contributed by atoms with Crippen LogP contribution in [-0.2, 0) is 0 Å². The summed E-state index contributed by atoms with van der Waals surface area (Å²) in [7, 11) is 0. The van der Waals surface area contributed by atoms with E-state index in [4.69, 9.17) is 16.3 Å². The number of halogens is 1. The minimum atomic E-state index is 0.774. The van der Waals surface area contributed by atoms with E-state index in [-0.39, 0.29) is 0 Å². The molecule has 2 heteroatoms. The second kappa shape index (κ2) is 7.90. The summed E-state index contributed by atoms with van der Waals surface area (Å²) in [6, 6.07) is 14.3. The van der Waals surface area contributed by atoms with Gasteiger partial charge in [-0.25, -0.2) is 0 Å². The summed E-state index contributed by atoms with van der Waals surface area (Å²) in [5, 5.41) is 0.774. The highest BCUT2D eigenvalue weighted by Crippen LogP contribution is 2.27. The highest BCUT2D eigenvalue weighted by atomic mass is 35.5. The average Bonchev–Trinajstić information content (AvgIpc) is 2.51. The van der Waals surface area contributed by atoms with E-state index in [2.05, 4.69) is 25.1 Å². The van der Waals surface area contributed by atoms with E-state index >= 15 is 0 Å². The molecule has 21 heavy (non-hydrogen) atoms. The number of unbranched alkanes of at least 4 members (excludes halogenated alkanes) is 1. The first-order chi connectivity index (χ1) is 10.2. The van der Waals surface area contributed by atoms with Crippen LogP contribution in [-0.4, -0.2) is 6.61 Å². The molecule has 0 amide bonds. The van der Waals surface area contributed by atoms with E-state index in [0.29, 0.717) is 0 Å². The zero-order valence-corrected chi connectivity index (χ0v) is 13.4. The molecule has 0 unspecified atom stereocenters. The quantitative estimate of drug-likeness (QED) is 0.575. The fraction of sp³-hybridized carbons (Fsp3) is 0.263. The molecule has 0 radical (unpaired) electrons. The van der Waals surface area contributed by atoms with Crippen LogP contribution in [0.3, 0.4) is 0 Å². The van der Waals surface area contributed by atoms with Crippen LogP contribution in [0.4, 0.5) is 0 Å². The van der Waals surface area contributed by atoms with E-state index in [1.54, 1.807) is 0 Å². The summed E-state index contributed by atoms with van der Waals surface area (Å²) < 4.78 is 5.69. The normalized spacial score (nSPS) is 11.0. The minimum Gasteiger partial charge on any atom is -0.494 e. The minimum absolute atomic E-state index is 0.774. The summed E-state index contributed by atoms with van der Waals surface area (Å²) in [5.74, 6) is 0.926. The molecule has 2 aromatic carbocycles. The number of benzene rings is 2. The molecule has 0 heterocycles. The number of hydrogen-bond donors (Lipinski definition) is 0. The highest BCUT2D eigenvalue weighted by molar-refractivity contribution is 6.32. The highest BCUT2D eigenvalue weighted by Gasteiger charge is 2.02. The predicted octanol–water partition coefficient (Wildman–Crippen LogP) is 6.22. The fourth-order valence-corrected chi connectivity index (χ4v) is 2.29. The zero-order chi connectivity index (χ0) is 15.1. The molecule has 0 atom stereocenters. The smallest absolute Gasteiger partial charge is 0.119 e. The molecular formula is C19H21ClO. The molecule has 110 valence electrons. The lowest BCUT2D eigenvalue weighted by Crippen LogP contribution is -1.95. The molecule has 0 aromatic heterocycles. The molecule has 0 aliphatic heterocycles. The molecule has 0 saturated heterocycles. The van der Waals surface area contributed by atoms with Crippen molar-refractivity contribution in [3.63, 3.8) is 0 Å². The Hall–Kier alpha value is -1.73. The molecule has 0 N–H and O–H groups in total. The van der Waals surface area contributed by atoms with Gasteiger partial charge in [-0.1, -0.05) is 55.3 Å². The van der Waals surface area contributed by atoms with Gasteiger partial charge in [-0.3, -0.25) is 0 Å². The largest absolute Gasteiger partial charge is 0.494 e. The molecule has 0 saturated carbocycles. The molecular weight excluding hydrogens is 280 g/mol. The Morgan fingerprint density at radius 2 is 1.76 bits per heavy atom.